The third kappa shape index (κ3) is 3.83. The molecule has 0 radical (unpaired) electrons. The summed E-state index contributed by atoms with van der Waals surface area (Å²) >= 11 is 0. The highest BCUT2D eigenvalue weighted by molar-refractivity contribution is 5.81. The Morgan fingerprint density at radius 2 is 2.47 bits per heavy atom. The number of piperidine rings is 1. The first-order chi connectivity index (χ1) is 9.21. The van der Waals surface area contributed by atoms with Gasteiger partial charge in [-0.2, -0.15) is 0 Å². The van der Waals surface area contributed by atoms with Crippen LogP contribution in [0.15, 0.2) is 5.11 Å². The number of azide groups is 1. The predicted molar refractivity (Wildman–Crippen MR) is 72.6 cm³/mol. The van der Waals surface area contributed by atoms with Crippen LogP contribution in [0.2, 0.25) is 0 Å². The molecule has 1 heterocycles. The molecule has 2 N–H and O–H groups in total. The predicted octanol–water partition coefficient (Wildman–Crippen LogP) is 1.21. The lowest BCUT2D eigenvalue weighted by Gasteiger charge is -2.42. The van der Waals surface area contributed by atoms with E-state index in [0.29, 0.717) is 19.5 Å². The quantitative estimate of drug-likeness (QED) is 0.238. The minimum absolute atomic E-state index is 0.190. The van der Waals surface area contributed by atoms with Gasteiger partial charge in [0.15, 0.2) is 0 Å². The highest BCUT2D eigenvalue weighted by Gasteiger charge is 2.46. The standard InChI is InChI=1S/C12H23N5O2/c1-3-10-9-14-8-5-12(10,11(18)19-2)15-6-4-7-16-17-13/h10,14-15H,3-9H2,1-2H3. The van der Waals surface area contributed by atoms with Crippen molar-refractivity contribution in [2.45, 2.75) is 31.7 Å². The van der Waals surface area contributed by atoms with E-state index < -0.39 is 5.54 Å². The average Bonchev–Trinajstić information content (AvgIpc) is 2.46. The topological polar surface area (TPSA) is 99.1 Å². The van der Waals surface area contributed by atoms with Crippen LogP contribution in [0.4, 0.5) is 0 Å². The number of methoxy groups -OCH3 is 1. The highest BCUT2D eigenvalue weighted by Crippen LogP contribution is 2.28. The molecule has 7 heteroatoms. The SMILES string of the molecule is CCC1CNCCC1(NCCCN=[N+]=[N-])C(=O)OC. The fourth-order valence-electron chi connectivity index (χ4n) is 2.69. The lowest BCUT2D eigenvalue weighted by Crippen LogP contribution is -2.64. The van der Waals surface area contributed by atoms with Crippen molar-refractivity contribution < 1.29 is 9.53 Å². The Labute approximate surface area is 113 Å². The van der Waals surface area contributed by atoms with Crippen molar-refractivity contribution in [1.82, 2.24) is 10.6 Å². The summed E-state index contributed by atoms with van der Waals surface area (Å²) < 4.78 is 4.99. The lowest BCUT2D eigenvalue weighted by molar-refractivity contribution is -0.152. The van der Waals surface area contributed by atoms with Gasteiger partial charge in [0.25, 0.3) is 0 Å². The fraction of sp³-hybridized carbons (Fsp3) is 0.917. The lowest BCUT2D eigenvalue weighted by atomic mass is 9.76. The number of carbonyl (C=O) groups excluding carboxylic acids is 1. The molecule has 0 aromatic rings. The zero-order valence-electron chi connectivity index (χ0n) is 11.7. The first-order valence-corrected chi connectivity index (χ1v) is 6.76. The van der Waals surface area contributed by atoms with Gasteiger partial charge in [0.2, 0.25) is 0 Å². The van der Waals surface area contributed by atoms with Gasteiger partial charge in [-0.3, -0.25) is 4.79 Å². The van der Waals surface area contributed by atoms with E-state index in [4.69, 9.17) is 10.3 Å². The minimum atomic E-state index is -0.606. The van der Waals surface area contributed by atoms with Gasteiger partial charge in [0, 0.05) is 23.9 Å². The van der Waals surface area contributed by atoms with E-state index in [2.05, 4.69) is 27.6 Å². The molecular weight excluding hydrogens is 246 g/mol. The second-order valence-corrected chi connectivity index (χ2v) is 4.76. The first kappa shape index (κ1) is 15.8. The van der Waals surface area contributed by atoms with E-state index in [0.717, 1.165) is 25.9 Å². The Balaban J connectivity index is 2.68. The summed E-state index contributed by atoms with van der Waals surface area (Å²) in [4.78, 5) is 14.9. The molecule has 1 saturated heterocycles. The van der Waals surface area contributed by atoms with Crippen LogP contribution in [0.3, 0.4) is 0 Å². The van der Waals surface area contributed by atoms with E-state index in [9.17, 15) is 4.79 Å². The number of hydrogen-bond acceptors (Lipinski definition) is 5. The summed E-state index contributed by atoms with van der Waals surface area (Å²) in [5.41, 5.74) is 7.62. The molecular formula is C12H23N5O2. The molecule has 19 heavy (non-hydrogen) atoms. The van der Waals surface area contributed by atoms with E-state index >= 15 is 0 Å². The molecule has 0 amide bonds. The molecule has 0 saturated carbocycles. The molecule has 0 bridgehead atoms. The average molecular weight is 269 g/mol. The molecule has 1 aliphatic heterocycles. The number of carbonyl (C=O) groups is 1. The largest absolute Gasteiger partial charge is 0.468 e. The Bertz CT molecular complexity index is 343. The normalized spacial score (nSPS) is 26.5. The van der Waals surface area contributed by atoms with Crippen LogP contribution in [0.5, 0.6) is 0 Å². The van der Waals surface area contributed by atoms with Crippen molar-refractivity contribution >= 4 is 5.97 Å². The zero-order valence-corrected chi connectivity index (χ0v) is 11.7. The maximum Gasteiger partial charge on any atom is 0.326 e. The number of hydrogen-bond donors (Lipinski definition) is 2. The zero-order chi connectivity index (χ0) is 14.1. The van der Waals surface area contributed by atoms with Gasteiger partial charge in [-0.05, 0) is 37.9 Å². The van der Waals surface area contributed by atoms with Crippen molar-refractivity contribution in [2.75, 3.05) is 33.3 Å². The molecule has 1 rings (SSSR count). The molecule has 1 fully saturated rings. The van der Waals surface area contributed by atoms with Crippen LogP contribution in [0, 0.1) is 5.92 Å². The summed E-state index contributed by atoms with van der Waals surface area (Å²) in [6.45, 7) is 4.78. The van der Waals surface area contributed by atoms with Crippen molar-refractivity contribution in [2.24, 2.45) is 11.0 Å². The van der Waals surface area contributed by atoms with Crippen molar-refractivity contribution in [3.8, 4) is 0 Å². The molecule has 2 atom stereocenters. The molecule has 108 valence electrons. The van der Waals surface area contributed by atoms with Crippen LogP contribution in [-0.4, -0.2) is 44.8 Å². The van der Waals surface area contributed by atoms with Gasteiger partial charge in [-0.1, -0.05) is 12.0 Å². The molecule has 0 spiro atoms. The van der Waals surface area contributed by atoms with E-state index in [1.165, 1.54) is 7.11 Å². The van der Waals surface area contributed by atoms with Gasteiger partial charge in [-0.15, -0.1) is 0 Å². The summed E-state index contributed by atoms with van der Waals surface area (Å²) in [6.07, 6.45) is 2.35. The van der Waals surface area contributed by atoms with E-state index in [1.807, 2.05) is 0 Å². The molecule has 2 unspecified atom stereocenters. The third-order valence-corrected chi connectivity index (χ3v) is 3.76. The minimum Gasteiger partial charge on any atom is -0.468 e. The van der Waals surface area contributed by atoms with Crippen LogP contribution in [0.25, 0.3) is 10.4 Å². The fourth-order valence-corrected chi connectivity index (χ4v) is 2.69. The highest BCUT2D eigenvalue weighted by atomic mass is 16.5. The maximum atomic E-state index is 12.2. The first-order valence-electron chi connectivity index (χ1n) is 6.76. The van der Waals surface area contributed by atoms with Crippen LogP contribution in [-0.2, 0) is 9.53 Å². The van der Waals surface area contributed by atoms with Gasteiger partial charge < -0.3 is 15.4 Å². The summed E-state index contributed by atoms with van der Waals surface area (Å²) in [7, 11) is 1.43. The summed E-state index contributed by atoms with van der Waals surface area (Å²) in [5, 5.41) is 10.2. The molecule has 7 nitrogen and oxygen atoms in total. The Kier molecular flexibility index (Phi) is 6.62. The van der Waals surface area contributed by atoms with Crippen molar-refractivity contribution in [3.05, 3.63) is 10.4 Å². The van der Waals surface area contributed by atoms with E-state index in [1.54, 1.807) is 0 Å². The van der Waals surface area contributed by atoms with Gasteiger partial charge in [-0.25, -0.2) is 0 Å². The Morgan fingerprint density at radius 3 is 3.11 bits per heavy atom. The second-order valence-electron chi connectivity index (χ2n) is 4.76. The summed E-state index contributed by atoms with van der Waals surface area (Å²) in [5.74, 6) is 0.0257. The van der Waals surface area contributed by atoms with Gasteiger partial charge >= 0.3 is 5.97 Å². The molecule has 1 aliphatic rings. The maximum absolute atomic E-state index is 12.2. The van der Waals surface area contributed by atoms with Crippen molar-refractivity contribution in [1.29, 1.82) is 0 Å². The number of rotatable bonds is 7. The second kappa shape index (κ2) is 7.99. The number of esters is 1. The van der Waals surface area contributed by atoms with Gasteiger partial charge in [0.05, 0.1) is 7.11 Å². The number of ether oxygens (including phenoxy) is 1. The van der Waals surface area contributed by atoms with Crippen LogP contribution < -0.4 is 10.6 Å². The van der Waals surface area contributed by atoms with Crippen LogP contribution >= 0.6 is 0 Å². The Hall–Kier alpha value is -1.30. The Morgan fingerprint density at radius 1 is 1.68 bits per heavy atom. The molecule has 0 aromatic heterocycles. The van der Waals surface area contributed by atoms with Crippen LogP contribution in [0.1, 0.15) is 26.2 Å². The molecule has 0 aliphatic carbocycles. The third-order valence-electron chi connectivity index (χ3n) is 3.76. The van der Waals surface area contributed by atoms with Gasteiger partial charge in [0.1, 0.15) is 5.54 Å². The van der Waals surface area contributed by atoms with Crippen molar-refractivity contribution in [3.63, 3.8) is 0 Å². The monoisotopic (exact) mass is 269 g/mol. The molecule has 0 aromatic carbocycles. The van der Waals surface area contributed by atoms with E-state index in [-0.39, 0.29) is 11.9 Å². The number of nitrogens with one attached hydrogen (secondary N) is 2. The summed E-state index contributed by atoms with van der Waals surface area (Å²) in [6, 6.07) is 0. The number of nitrogens with zero attached hydrogens (tertiary/aromatic N) is 3. The smallest absolute Gasteiger partial charge is 0.326 e.